The molecule has 0 saturated heterocycles. The van der Waals surface area contributed by atoms with Gasteiger partial charge in [0.25, 0.3) is 0 Å². The number of ether oxygens (including phenoxy) is 1. The molecule has 1 fully saturated rings. The molecule has 1 saturated carbocycles. The zero-order valence-electron chi connectivity index (χ0n) is 11.6. The molecule has 0 spiro atoms. The van der Waals surface area contributed by atoms with Crippen molar-refractivity contribution >= 4 is 0 Å². The highest BCUT2D eigenvalue weighted by molar-refractivity contribution is 4.86. The molecule has 3 unspecified atom stereocenters. The molecule has 0 bridgehead atoms. The van der Waals surface area contributed by atoms with Gasteiger partial charge in [-0.15, -0.1) is 0 Å². The summed E-state index contributed by atoms with van der Waals surface area (Å²) in [5.41, 5.74) is 6.18. The van der Waals surface area contributed by atoms with Gasteiger partial charge in [-0.05, 0) is 49.5 Å². The predicted octanol–water partition coefficient (Wildman–Crippen LogP) is 2.18. The van der Waals surface area contributed by atoms with Gasteiger partial charge in [-0.25, -0.2) is 0 Å². The molecule has 1 aliphatic rings. The Hall–Kier alpha value is -0.120. The normalized spacial score (nSPS) is 30.5. The van der Waals surface area contributed by atoms with E-state index in [1.807, 2.05) is 0 Å². The van der Waals surface area contributed by atoms with Gasteiger partial charge in [-0.3, -0.25) is 0 Å². The van der Waals surface area contributed by atoms with Crippen LogP contribution in [0.1, 0.15) is 46.5 Å². The van der Waals surface area contributed by atoms with Crippen LogP contribution in [-0.2, 0) is 4.74 Å². The molecule has 1 aliphatic carbocycles. The molecule has 0 amide bonds. The largest absolute Gasteiger partial charge is 0.396 e. The molecule has 102 valence electrons. The van der Waals surface area contributed by atoms with Crippen molar-refractivity contribution in [2.75, 3.05) is 19.8 Å². The second-order valence-corrected chi connectivity index (χ2v) is 6.36. The molecule has 0 heterocycles. The van der Waals surface area contributed by atoms with Gasteiger partial charge in [0.05, 0.1) is 6.10 Å². The fraction of sp³-hybridized carbons (Fsp3) is 1.00. The van der Waals surface area contributed by atoms with Crippen LogP contribution in [0.25, 0.3) is 0 Å². The van der Waals surface area contributed by atoms with E-state index in [0.29, 0.717) is 24.0 Å². The molecule has 0 aromatic heterocycles. The number of aliphatic hydroxyl groups excluding tert-OH is 1. The molecular formula is C14H29NO2. The van der Waals surface area contributed by atoms with Crippen LogP contribution in [0.4, 0.5) is 0 Å². The summed E-state index contributed by atoms with van der Waals surface area (Å²) in [7, 11) is 0. The molecule has 0 aromatic carbocycles. The lowest BCUT2D eigenvalue weighted by Crippen LogP contribution is -2.40. The lowest BCUT2D eigenvalue weighted by atomic mass is 9.68. The Kier molecular flexibility index (Phi) is 5.90. The number of nitrogens with two attached hydrogens (primary N) is 1. The van der Waals surface area contributed by atoms with Crippen molar-refractivity contribution in [3.63, 3.8) is 0 Å². The van der Waals surface area contributed by atoms with Gasteiger partial charge >= 0.3 is 0 Å². The molecule has 1 rings (SSSR count). The van der Waals surface area contributed by atoms with E-state index in [0.717, 1.165) is 25.3 Å². The minimum Gasteiger partial charge on any atom is -0.396 e. The SMILES string of the molecule is CC(C)(C)C1CCC(CN)C(OCCCO)C1. The molecule has 3 N–H and O–H groups in total. The summed E-state index contributed by atoms with van der Waals surface area (Å²) in [5, 5.41) is 8.80. The van der Waals surface area contributed by atoms with E-state index in [2.05, 4.69) is 20.8 Å². The van der Waals surface area contributed by atoms with Crippen molar-refractivity contribution in [3.8, 4) is 0 Å². The first-order chi connectivity index (χ1) is 7.99. The molecule has 17 heavy (non-hydrogen) atoms. The predicted molar refractivity (Wildman–Crippen MR) is 70.8 cm³/mol. The number of rotatable bonds is 5. The Bertz CT molecular complexity index is 213. The van der Waals surface area contributed by atoms with Crippen molar-refractivity contribution in [1.82, 2.24) is 0 Å². The van der Waals surface area contributed by atoms with Crippen LogP contribution in [-0.4, -0.2) is 31.0 Å². The van der Waals surface area contributed by atoms with E-state index in [-0.39, 0.29) is 6.61 Å². The second-order valence-electron chi connectivity index (χ2n) is 6.36. The lowest BCUT2D eigenvalue weighted by Gasteiger charge is -2.41. The zero-order valence-corrected chi connectivity index (χ0v) is 11.6. The van der Waals surface area contributed by atoms with Crippen LogP contribution < -0.4 is 5.73 Å². The van der Waals surface area contributed by atoms with Gasteiger partial charge in [0, 0.05) is 13.2 Å². The molecule has 3 nitrogen and oxygen atoms in total. The van der Waals surface area contributed by atoms with E-state index in [9.17, 15) is 0 Å². The van der Waals surface area contributed by atoms with Gasteiger partial charge in [-0.2, -0.15) is 0 Å². The van der Waals surface area contributed by atoms with Crippen molar-refractivity contribution < 1.29 is 9.84 Å². The summed E-state index contributed by atoms with van der Waals surface area (Å²) in [6.45, 7) is 8.53. The Balaban J connectivity index is 2.49. The third kappa shape index (κ3) is 4.57. The van der Waals surface area contributed by atoms with E-state index >= 15 is 0 Å². The quantitative estimate of drug-likeness (QED) is 0.728. The van der Waals surface area contributed by atoms with Crippen LogP contribution in [0, 0.1) is 17.3 Å². The van der Waals surface area contributed by atoms with Gasteiger partial charge in [-0.1, -0.05) is 20.8 Å². The summed E-state index contributed by atoms with van der Waals surface area (Å²) < 4.78 is 5.91. The maximum Gasteiger partial charge on any atom is 0.0618 e. The topological polar surface area (TPSA) is 55.5 Å². The number of hydrogen-bond acceptors (Lipinski definition) is 3. The van der Waals surface area contributed by atoms with Crippen LogP contribution in [0.3, 0.4) is 0 Å². The molecule has 0 radical (unpaired) electrons. The van der Waals surface area contributed by atoms with Crippen molar-refractivity contribution in [1.29, 1.82) is 0 Å². The van der Waals surface area contributed by atoms with Gasteiger partial charge in [0.15, 0.2) is 0 Å². The molecular weight excluding hydrogens is 214 g/mol. The number of hydrogen-bond donors (Lipinski definition) is 2. The van der Waals surface area contributed by atoms with Crippen molar-refractivity contribution in [2.24, 2.45) is 23.0 Å². The van der Waals surface area contributed by atoms with Crippen LogP contribution >= 0.6 is 0 Å². The van der Waals surface area contributed by atoms with Gasteiger partial charge < -0.3 is 15.6 Å². The summed E-state index contributed by atoms with van der Waals surface area (Å²) in [6, 6.07) is 0. The minimum absolute atomic E-state index is 0.211. The molecule has 3 heteroatoms. The highest BCUT2D eigenvalue weighted by Crippen LogP contribution is 2.40. The first-order valence-corrected chi connectivity index (χ1v) is 6.91. The van der Waals surface area contributed by atoms with Crippen LogP contribution in [0.5, 0.6) is 0 Å². The maximum atomic E-state index is 8.80. The Morgan fingerprint density at radius 3 is 2.53 bits per heavy atom. The monoisotopic (exact) mass is 243 g/mol. The van der Waals surface area contributed by atoms with E-state index < -0.39 is 0 Å². The van der Waals surface area contributed by atoms with Crippen molar-refractivity contribution in [3.05, 3.63) is 0 Å². The summed E-state index contributed by atoms with van der Waals surface area (Å²) >= 11 is 0. The zero-order chi connectivity index (χ0) is 12.9. The molecule has 0 aliphatic heterocycles. The van der Waals surface area contributed by atoms with E-state index in [1.54, 1.807) is 0 Å². The standard InChI is InChI=1S/C14H29NO2/c1-14(2,3)12-6-5-11(10-15)13(9-12)17-8-4-7-16/h11-13,16H,4-10,15H2,1-3H3. The van der Waals surface area contributed by atoms with E-state index in [4.69, 9.17) is 15.6 Å². The summed E-state index contributed by atoms with van der Waals surface area (Å²) in [4.78, 5) is 0. The van der Waals surface area contributed by atoms with Crippen LogP contribution in [0.2, 0.25) is 0 Å². The Morgan fingerprint density at radius 2 is 2.00 bits per heavy atom. The average Bonchev–Trinajstić information content (AvgIpc) is 2.28. The Morgan fingerprint density at radius 1 is 1.29 bits per heavy atom. The third-order valence-electron chi connectivity index (χ3n) is 4.09. The summed E-state index contributed by atoms with van der Waals surface area (Å²) in [6.07, 6.45) is 4.60. The van der Waals surface area contributed by atoms with E-state index in [1.165, 1.54) is 12.8 Å². The third-order valence-corrected chi connectivity index (χ3v) is 4.09. The molecule has 3 atom stereocenters. The van der Waals surface area contributed by atoms with Crippen molar-refractivity contribution in [2.45, 2.75) is 52.6 Å². The fourth-order valence-electron chi connectivity index (χ4n) is 2.75. The first kappa shape index (κ1) is 14.9. The van der Waals surface area contributed by atoms with Gasteiger partial charge in [0.1, 0.15) is 0 Å². The number of aliphatic hydroxyl groups is 1. The summed E-state index contributed by atoms with van der Waals surface area (Å²) in [5.74, 6) is 1.23. The lowest BCUT2D eigenvalue weighted by molar-refractivity contribution is -0.0437. The minimum atomic E-state index is 0.211. The highest BCUT2D eigenvalue weighted by Gasteiger charge is 2.35. The fourth-order valence-corrected chi connectivity index (χ4v) is 2.75. The molecule has 0 aromatic rings. The van der Waals surface area contributed by atoms with Gasteiger partial charge in [0.2, 0.25) is 0 Å². The first-order valence-electron chi connectivity index (χ1n) is 6.91. The van der Waals surface area contributed by atoms with Crippen LogP contribution in [0.15, 0.2) is 0 Å². The smallest absolute Gasteiger partial charge is 0.0618 e. The Labute approximate surface area is 106 Å². The second kappa shape index (κ2) is 6.72. The maximum absolute atomic E-state index is 8.80. The highest BCUT2D eigenvalue weighted by atomic mass is 16.5. The average molecular weight is 243 g/mol.